The van der Waals surface area contributed by atoms with Crippen LogP contribution in [0.4, 0.5) is 5.13 Å². The fourth-order valence-electron chi connectivity index (χ4n) is 2.15. The molecule has 0 saturated heterocycles. The van der Waals surface area contributed by atoms with Crippen LogP contribution in [0.25, 0.3) is 0 Å². The number of halogens is 1. The van der Waals surface area contributed by atoms with Crippen LogP contribution in [0.2, 0.25) is 5.02 Å². The van der Waals surface area contributed by atoms with Crippen LogP contribution in [0.3, 0.4) is 0 Å². The van der Waals surface area contributed by atoms with Crippen LogP contribution >= 0.6 is 22.9 Å². The molecular weight excluding hydrogens is 372 g/mol. The van der Waals surface area contributed by atoms with Crippen molar-refractivity contribution < 1.29 is 9.59 Å². The number of nitrogens with two attached hydrogens (primary N) is 1. The van der Waals surface area contributed by atoms with Gasteiger partial charge in [-0.05, 0) is 30.0 Å². The van der Waals surface area contributed by atoms with E-state index in [1.165, 1.54) is 11.3 Å². The minimum absolute atomic E-state index is 0.00913. The first-order valence-corrected chi connectivity index (χ1v) is 9.48. The topological polar surface area (TPSA) is 97.1 Å². The Hall–Kier alpha value is -1.96. The van der Waals surface area contributed by atoms with Crippen molar-refractivity contribution in [3.8, 4) is 0 Å². The SMILES string of the molecule is Cc1ccc(Cc2cnc(NC(=O)CNC(=O)[C@@H](N)C(C)C)s2)cc1Cl. The molecule has 1 heterocycles. The van der Waals surface area contributed by atoms with E-state index in [4.69, 9.17) is 17.3 Å². The second-order valence-corrected chi connectivity index (χ2v) is 7.95. The highest BCUT2D eigenvalue weighted by Gasteiger charge is 2.18. The molecule has 0 saturated carbocycles. The Bertz CT molecular complexity index is 791. The highest BCUT2D eigenvalue weighted by atomic mass is 35.5. The highest BCUT2D eigenvalue weighted by molar-refractivity contribution is 7.15. The zero-order valence-electron chi connectivity index (χ0n) is 15.0. The van der Waals surface area contributed by atoms with E-state index >= 15 is 0 Å². The molecule has 0 aliphatic heterocycles. The number of nitrogens with zero attached hydrogens (tertiary/aromatic N) is 1. The van der Waals surface area contributed by atoms with Crippen molar-refractivity contribution in [2.24, 2.45) is 11.7 Å². The van der Waals surface area contributed by atoms with Crippen molar-refractivity contribution >= 4 is 39.9 Å². The Morgan fingerprint density at radius 2 is 2.08 bits per heavy atom. The van der Waals surface area contributed by atoms with Gasteiger partial charge < -0.3 is 16.4 Å². The number of rotatable bonds is 7. The van der Waals surface area contributed by atoms with Gasteiger partial charge in [0.2, 0.25) is 11.8 Å². The molecular formula is C18H23ClN4O2S. The molecule has 0 bridgehead atoms. The minimum atomic E-state index is -0.629. The normalized spacial score (nSPS) is 12.1. The van der Waals surface area contributed by atoms with Gasteiger partial charge in [-0.3, -0.25) is 9.59 Å². The number of hydrogen-bond acceptors (Lipinski definition) is 5. The summed E-state index contributed by atoms with van der Waals surface area (Å²) in [5, 5.41) is 6.43. The summed E-state index contributed by atoms with van der Waals surface area (Å²) in [6.07, 6.45) is 2.41. The second kappa shape index (κ2) is 9.12. The van der Waals surface area contributed by atoms with Gasteiger partial charge >= 0.3 is 0 Å². The van der Waals surface area contributed by atoms with Gasteiger partial charge in [0.05, 0.1) is 12.6 Å². The molecule has 140 valence electrons. The predicted octanol–water partition coefficient (Wildman–Crippen LogP) is 2.73. The Morgan fingerprint density at radius 1 is 1.35 bits per heavy atom. The number of aryl methyl sites for hydroxylation is 1. The van der Waals surface area contributed by atoms with Crippen LogP contribution in [0.1, 0.15) is 29.9 Å². The molecule has 0 spiro atoms. The van der Waals surface area contributed by atoms with E-state index < -0.39 is 6.04 Å². The third-order valence-electron chi connectivity index (χ3n) is 3.86. The summed E-state index contributed by atoms with van der Waals surface area (Å²) in [7, 11) is 0. The number of thiazole rings is 1. The Morgan fingerprint density at radius 3 is 2.73 bits per heavy atom. The summed E-state index contributed by atoms with van der Waals surface area (Å²) in [5.74, 6) is -0.672. The number of amides is 2. The molecule has 1 atom stereocenters. The lowest BCUT2D eigenvalue weighted by Gasteiger charge is -2.14. The summed E-state index contributed by atoms with van der Waals surface area (Å²) < 4.78 is 0. The van der Waals surface area contributed by atoms with Crippen molar-refractivity contribution in [3.63, 3.8) is 0 Å². The van der Waals surface area contributed by atoms with Crippen LogP contribution < -0.4 is 16.4 Å². The lowest BCUT2D eigenvalue weighted by atomic mass is 10.1. The molecule has 0 aliphatic rings. The minimum Gasteiger partial charge on any atom is -0.346 e. The maximum Gasteiger partial charge on any atom is 0.245 e. The van der Waals surface area contributed by atoms with Crippen LogP contribution in [0.15, 0.2) is 24.4 Å². The van der Waals surface area contributed by atoms with Gasteiger partial charge in [-0.25, -0.2) is 4.98 Å². The summed E-state index contributed by atoms with van der Waals surface area (Å²) >= 11 is 7.53. The molecule has 26 heavy (non-hydrogen) atoms. The zero-order valence-corrected chi connectivity index (χ0v) is 16.6. The van der Waals surface area contributed by atoms with Crippen LogP contribution in [0, 0.1) is 12.8 Å². The first-order valence-electron chi connectivity index (χ1n) is 8.29. The standard InChI is InChI=1S/C18H23ClN4O2S/c1-10(2)16(20)17(25)21-9-15(24)23-18-22-8-13(26-18)6-12-5-4-11(3)14(19)7-12/h4-5,7-8,10,16H,6,9,20H2,1-3H3,(H,21,25)(H,22,23,24)/t16-/m0/s1. The van der Waals surface area contributed by atoms with E-state index in [1.807, 2.05) is 39.0 Å². The molecule has 0 radical (unpaired) electrons. The lowest BCUT2D eigenvalue weighted by Crippen LogP contribution is -2.46. The highest BCUT2D eigenvalue weighted by Crippen LogP contribution is 2.23. The van der Waals surface area contributed by atoms with Crippen LogP contribution in [-0.4, -0.2) is 29.4 Å². The Balaban J connectivity index is 1.86. The number of hydrogen-bond donors (Lipinski definition) is 3. The van der Waals surface area contributed by atoms with Gasteiger partial charge in [-0.15, -0.1) is 11.3 Å². The van der Waals surface area contributed by atoms with Crippen molar-refractivity contribution in [2.75, 3.05) is 11.9 Å². The molecule has 8 heteroatoms. The van der Waals surface area contributed by atoms with Crippen molar-refractivity contribution in [1.82, 2.24) is 10.3 Å². The number of anilines is 1. The van der Waals surface area contributed by atoms with Crippen molar-refractivity contribution in [1.29, 1.82) is 0 Å². The van der Waals surface area contributed by atoms with Crippen LogP contribution in [0.5, 0.6) is 0 Å². The summed E-state index contributed by atoms with van der Waals surface area (Å²) in [4.78, 5) is 28.9. The fraction of sp³-hybridized carbons (Fsp3) is 0.389. The summed E-state index contributed by atoms with van der Waals surface area (Å²) in [6.45, 7) is 5.52. The van der Waals surface area contributed by atoms with Gasteiger partial charge in [0.15, 0.2) is 5.13 Å². The quantitative estimate of drug-likeness (QED) is 0.672. The van der Waals surface area contributed by atoms with E-state index in [-0.39, 0.29) is 24.3 Å². The average Bonchev–Trinajstić information content (AvgIpc) is 3.02. The van der Waals surface area contributed by atoms with E-state index in [0.717, 1.165) is 21.0 Å². The zero-order chi connectivity index (χ0) is 19.3. The second-order valence-electron chi connectivity index (χ2n) is 6.43. The molecule has 2 aromatic rings. The maximum absolute atomic E-state index is 11.9. The summed E-state index contributed by atoms with van der Waals surface area (Å²) in [6, 6.07) is 5.30. The van der Waals surface area contributed by atoms with Gasteiger partial charge in [0, 0.05) is 22.5 Å². The first-order chi connectivity index (χ1) is 12.3. The van der Waals surface area contributed by atoms with Crippen LogP contribution in [-0.2, 0) is 16.0 Å². The summed E-state index contributed by atoms with van der Waals surface area (Å²) in [5.41, 5.74) is 7.85. The number of carbonyl (C=O) groups is 2. The fourth-order valence-corrected chi connectivity index (χ4v) is 3.21. The largest absolute Gasteiger partial charge is 0.346 e. The lowest BCUT2D eigenvalue weighted by molar-refractivity contribution is -0.125. The molecule has 1 aromatic heterocycles. The van der Waals surface area contributed by atoms with Gasteiger partial charge in [-0.1, -0.05) is 37.6 Å². The van der Waals surface area contributed by atoms with Gasteiger partial charge in [-0.2, -0.15) is 0 Å². The number of nitrogens with one attached hydrogen (secondary N) is 2. The van der Waals surface area contributed by atoms with Gasteiger partial charge in [0.1, 0.15) is 0 Å². The number of benzene rings is 1. The Kier molecular flexibility index (Phi) is 7.14. The van der Waals surface area contributed by atoms with E-state index in [0.29, 0.717) is 11.6 Å². The predicted molar refractivity (Wildman–Crippen MR) is 106 cm³/mol. The Labute approximate surface area is 162 Å². The molecule has 6 nitrogen and oxygen atoms in total. The van der Waals surface area contributed by atoms with Gasteiger partial charge in [0.25, 0.3) is 0 Å². The molecule has 0 unspecified atom stereocenters. The number of aromatic nitrogens is 1. The molecule has 1 aromatic carbocycles. The number of carbonyl (C=O) groups excluding carboxylic acids is 2. The molecule has 0 aliphatic carbocycles. The average molecular weight is 395 g/mol. The molecule has 2 rings (SSSR count). The molecule has 0 fully saturated rings. The van der Waals surface area contributed by atoms with E-state index in [9.17, 15) is 9.59 Å². The smallest absolute Gasteiger partial charge is 0.245 e. The van der Waals surface area contributed by atoms with E-state index in [1.54, 1.807) is 6.20 Å². The molecule has 4 N–H and O–H groups in total. The molecule has 2 amide bonds. The third kappa shape index (κ3) is 5.79. The maximum atomic E-state index is 11.9. The first kappa shape index (κ1) is 20.4. The van der Waals surface area contributed by atoms with Crippen molar-refractivity contribution in [2.45, 2.75) is 33.2 Å². The monoisotopic (exact) mass is 394 g/mol. The van der Waals surface area contributed by atoms with E-state index in [2.05, 4.69) is 15.6 Å². The third-order valence-corrected chi connectivity index (χ3v) is 5.18. The van der Waals surface area contributed by atoms with Crippen molar-refractivity contribution in [3.05, 3.63) is 45.4 Å².